The molecule has 2 bridgehead atoms. The van der Waals surface area contributed by atoms with Crippen molar-refractivity contribution in [3.63, 3.8) is 0 Å². The first kappa shape index (κ1) is 29.7. The Kier molecular flexibility index (Phi) is 7.14. The molecule has 0 radical (unpaired) electrons. The van der Waals surface area contributed by atoms with Crippen LogP contribution in [0.15, 0.2) is 66.7 Å². The molecule has 3 aromatic carbocycles. The van der Waals surface area contributed by atoms with Crippen molar-refractivity contribution in [2.45, 2.75) is 67.5 Å². The lowest BCUT2D eigenvalue weighted by Gasteiger charge is -2.64. The smallest absolute Gasteiger partial charge is 0.416 e. The Morgan fingerprint density at radius 2 is 1.87 bits per heavy atom. The summed E-state index contributed by atoms with van der Waals surface area (Å²) in [5, 5.41) is 12.8. The molecule has 0 unspecified atom stereocenters. The minimum absolute atomic E-state index is 0.102. The highest BCUT2D eigenvalue weighted by atomic mass is 19.4. The van der Waals surface area contributed by atoms with Gasteiger partial charge in [-0.05, 0) is 80.1 Å². The second kappa shape index (κ2) is 10.8. The molecule has 2 heterocycles. The molecule has 3 aromatic rings. The first-order chi connectivity index (χ1) is 21.6. The number of benzene rings is 3. The molecule has 1 saturated heterocycles. The molecule has 5 atom stereocenters. The van der Waals surface area contributed by atoms with E-state index in [1.807, 2.05) is 24.3 Å². The third-order valence-electron chi connectivity index (χ3n) is 10.6. The van der Waals surface area contributed by atoms with E-state index in [9.17, 15) is 23.1 Å². The number of rotatable bonds is 5. The number of alkyl halides is 3. The number of ether oxygens (including phenoxy) is 2. The van der Waals surface area contributed by atoms with E-state index in [0.717, 1.165) is 42.8 Å². The van der Waals surface area contributed by atoms with E-state index in [2.05, 4.69) is 34.9 Å². The van der Waals surface area contributed by atoms with Gasteiger partial charge in [0.15, 0.2) is 11.5 Å². The molecule has 1 spiro atoms. The Bertz CT molecular complexity index is 1680. The molecule has 234 valence electrons. The number of amides is 1. The monoisotopic (exact) mass is 616 g/mol. The molecule has 9 heteroatoms. The molecule has 45 heavy (non-hydrogen) atoms. The van der Waals surface area contributed by atoms with Crippen LogP contribution in [0, 0.1) is 11.8 Å². The lowest BCUT2D eigenvalue weighted by molar-refractivity contribution is -0.199. The van der Waals surface area contributed by atoms with Crippen molar-refractivity contribution < 1.29 is 32.5 Å². The number of carbonyl (C=O) groups is 1. The van der Waals surface area contributed by atoms with Gasteiger partial charge in [0.25, 0.3) is 5.91 Å². The van der Waals surface area contributed by atoms with E-state index in [1.165, 1.54) is 17.7 Å². The molecule has 4 aliphatic rings. The van der Waals surface area contributed by atoms with E-state index in [1.54, 1.807) is 19.1 Å². The molecule has 2 aliphatic carbocycles. The zero-order chi connectivity index (χ0) is 31.6. The lowest BCUT2D eigenvalue weighted by Crippen LogP contribution is -2.78. The van der Waals surface area contributed by atoms with E-state index >= 15 is 0 Å². The van der Waals surface area contributed by atoms with Crippen LogP contribution in [0.4, 0.5) is 13.2 Å². The van der Waals surface area contributed by atoms with Gasteiger partial charge in [-0.25, -0.2) is 0 Å². The standard InChI is InChI=1S/C36H35F3N2O4/c1-40(30(42)15-10-24-8-12-26(13-9-24)36(37,38)39)27-16-18-35(43)29-22-25-11-14-28(44-2)32-31(25)34(35,33(27)45-32)19-21-41(29)20-17-23-6-4-3-5-7-23/h3-9,11-14,27,29,33,43H,16-22H2,1-2H3/t27-,29-,33+,34+,35-/m1/s1. The van der Waals surface area contributed by atoms with E-state index in [4.69, 9.17) is 9.47 Å². The van der Waals surface area contributed by atoms with Gasteiger partial charge in [-0.1, -0.05) is 42.3 Å². The zero-order valence-corrected chi connectivity index (χ0v) is 25.2. The second-order valence-corrected chi connectivity index (χ2v) is 12.7. The normalized spacial score (nSPS) is 27.9. The van der Waals surface area contributed by atoms with Gasteiger partial charge < -0.3 is 19.5 Å². The van der Waals surface area contributed by atoms with Gasteiger partial charge >= 0.3 is 6.18 Å². The summed E-state index contributed by atoms with van der Waals surface area (Å²) in [5.74, 6) is 6.15. The highest BCUT2D eigenvalue weighted by Gasteiger charge is 2.73. The zero-order valence-electron chi connectivity index (χ0n) is 25.2. The first-order valence-corrected chi connectivity index (χ1v) is 15.4. The summed E-state index contributed by atoms with van der Waals surface area (Å²) >= 11 is 0. The van der Waals surface area contributed by atoms with Gasteiger partial charge in [0.2, 0.25) is 0 Å². The molecule has 1 amide bonds. The van der Waals surface area contributed by atoms with Crippen molar-refractivity contribution >= 4 is 5.91 Å². The summed E-state index contributed by atoms with van der Waals surface area (Å²) in [7, 11) is 3.30. The van der Waals surface area contributed by atoms with E-state index in [0.29, 0.717) is 42.7 Å². The highest BCUT2D eigenvalue weighted by Crippen LogP contribution is 2.65. The summed E-state index contributed by atoms with van der Waals surface area (Å²) in [5.41, 5.74) is 1.17. The average molecular weight is 617 g/mol. The minimum Gasteiger partial charge on any atom is -0.493 e. The fourth-order valence-electron chi connectivity index (χ4n) is 8.44. The SMILES string of the molecule is COc1ccc2c3c1O[C@H]1[C@H](N(C)C(=O)C#Cc4ccc(C(F)(F)F)cc4)CC[C@@]4(O)[C@@H](C2)N(CCc2ccccc2)CC[C@]314. The van der Waals surface area contributed by atoms with Crippen molar-refractivity contribution in [2.24, 2.45) is 0 Å². The van der Waals surface area contributed by atoms with Crippen molar-refractivity contribution in [3.05, 3.63) is 94.5 Å². The predicted octanol–water partition coefficient (Wildman–Crippen LogP) is 4.99. The number of aliphatic hydroxyl groups is 1. The van der Waals surface area contributed by atoms with Crippen molar-refractivity contribution in [1.82, 2.24) is 9.80 Å². The molecular formula is C36H35F3N2O4. The Hall–Kier alpha value is -4.00. The van der Waals surface area contributed by atoms with Gasteiger partial charge in [0, 0.05) is 36.7 Å². The Morgan fingerprint density at radius 3 is 2.58 bits per heavy atom. The number of methoxy groups -OCH3 is 1. The summed E-state index contributed by atoms with van der Waals surface area (Å²) in [4.78, 5) is 17.5. The molecule has 2 fully saturated rings. The van der Waals surface area contributed by atoms with Crippen LogP contribution in [-0.2, 0) is 29.2 Å². The van der Waals surface area contributed by atoms with Crippen LogP contribution in [0.5, 0.6) is 11.5 Å². The Balaban J connectivity index is 1.19. The third kappa shape index (κ3) is 4.60. The van der Waals surface area contributed by atoms with Crippen LogP contribution in [0.25, 0.3) is 0 Å². The number of likely N-dealkylation sites (N-methyl/N-ethyl adjacent to an activating group) is 1. The maximum atomic E-state index is 13.4. The van der Waals surface area contributed by atoms with Crippen LogP contribution >= 0.6 is 0 Å². The van der Waals surface area contributed by atoms with Gasteiger partial charge in [-0.15, -0.1) is 0 Å². The lowest BCUT2D eigenvalue weighted by atomic mass is 9.48. The van der Waals surface area contributed by atoms with Gasteiger partial charge in [-0.3, -0.25) is 9.69 Å². The Labute approximate surface area is 260 Å². The van der Waals surface area contributed by atoms with Gasteiger partial charge in [-0.2, -0.15) is 13.2 Å². The third-order valence-corrected chi connectivity index (χ3v) is 10.6. The van der Waals surface area contributed by atoms with Crippen LogP contribution in [0.3, 0.4) is 0 Å². The number of nitrogens with zero attached hydrogens (tertiary/aromatic N) is 2. The number of piperidine rings is 1. The average Bonchev–Trinajstić information content (AvgIpc) is 3.39. The summed E-state index contributed by atoms with van der Waals surface area (Å²) < 4.78 is 51.4. The first-order valence-electron chi connectivity index (χ1n) is 15.4. The van der Waals surface area contributed by atoms with Crippen molar-refractivity contribution in [1.29, 1.82) is 0 Å². The largest absolute Gasteiger partial charge is 0.493 e. The van der Waals surface area contributed by atoms with Crippen LogP contribution in [-0.4, -0.2) is 71.8 Å². The topological polar surface area (TPSA) is 62.2 Å². The molecule has 1 N–H and O–H groups in total. The van der Waals surface area contributed by atoms with Gasteiger partial charge in [0.1, 0.15) is 6.10 Å². The maximum absolute atomic E-state index is 13.4. The second-order valence-electron chi connectivity index (χ2n) is 12.7. The summed E-state index contributed by atoms with van der Waals surface area (Å²) in [6.45, 7) is 1.62. The molecule has 1 saturated carbocycles. The highest BCUT2D eigenvalue weighted by molar-refractivity contribution is 5.94. The van der Waals surface area contributed by atoms with Crippen LogP contribution in [0.1, 0.15) is 47.1 Å². The number of hydrogen-bond acceptors (Lipinski definition) is 5. The summed E-state index contributed by atoms with van der Waals surface area (Å²) in [6, 6.07) is 18.4. The number of hydrogen-bond donors (Lipinski definition) is 1. The van der Waals surface area contributed by atoms with E-state index in [-0.39, 0.29) is 12.1 Å². The molecular weight excluding hydrogens is 581 g/mol. The molecule has 2 aliphatic heterocycles. The van der Waals surface area contributed by atoms with E-state index < -0.39 is 34.8 Å². The van der Waals surface area contributed by atoms with Crippen molar-refractivity contribution in [2.75, 3.05) is 27.2 Å². The maximum Gasteiger partial charge on any atom is 0.416 e. The van der Waals surface area contributed by atoms with Crippen molar-refractivity contribution in [3.8, 4) is 23.3 Å². The summed E-state index contributed by atoms with van der Waals surface area (Å²) in [6.07, 6.45) is -1.69. The van der Waals surface area contributed by atoms with Crippen LogP contribution in [0.2, 0.25) is 0 Å². The number of likely N-dealkylation sites (tertiary alicyclic amines) is 1. The molecule has 6 nitrogen and oxygen atoms in total. The van der Waals surface area contributed by atoms with Crippen LogP contribution < -0.4 is 9.47 Å². The quantitative estimate of drug-likeness (QED) is 0.410. The Morgan fingerprint density at radius 1 is 1.11 bits per heavy atom. The fraction of sp³-hybridized carbons (Fsp3) is 0.417. The fourth-order valence-corrected chi connectivity index (χ4v) is 8.44. The number of halogens is 3. The molecule has 0 aromatic heterocycles. The molecule has 7 rings (SSSR count). The number of carbonyl (C=O) groups excluding carboxylic acids is 1. The van der Waals surface area contributed by atoms with Gasteiger partial charge in [0.05, 0.1) is 29.7 Å². The predicted molar refractivity (Wildman–Crippen MR) is 162 cm³/mol. The minimum atomic E-state index is -4.44.